The fraction of sp³-hybridized carbons (Fsp3) is 0.900. The topological polar surface area (TPSA) is 0 Å². The van der Waals surface area contributed by atoms with Crippen LogP contribution in [0.1, 0.15) is 6.92 Å². The molecule has 0 rings (SSSR count). The first-order valence-electron chi connectivity index (χ1n) is 5.83. The van der Waals surface area contributed by atoms with Gasteiger partial charge in [0.05, 0.1) is 0 Å². The van der Waals surface area contributed by atoms with Crippen molar-refractivity contribution in [1.29, 1.82) is 0 Å². The number of rotatable bonds is 7. The van der Waals surface area contributed by atoms with Crippen LogP contribution in [0, 0.1) is 6.42 Å². The molecule has 0 aliphatic rings. The van der Waals surface area contributed by atoms with Gasteiger partial charge in [0.1, 0.15) is 22.6 Å². The van der Waals surface area contributed by atoms with Gasteiger partial charge in [-0.15, -0.1) is 0 Å². The number of alkyl halides is 17. The summed E-state index contributed by atoms with van der Waals surface area (Å²) in [7, 11) is 0. The molecule has 0 nitrogen and oxygen atoms in total. The average Bonchev–Trinajstić information content (AvgIpc) is 2.44. The Morgan fingerprint density at radius 3 is 0.815 bits per heavy atom. The molecule has 0 saturated carbocycles. The highest BCUT2D eigenvalue weighted by atomic mass is 80.0. The number of hydrogen-bond acceptors (Lipinski definition) is 0. The summed E-state index contributed by atoms with van der Waals surface area (Å²) >= 11 is 63.7. The van der Waals surface area contributed by atoms with E-state index in [1.54, 1.807) is 0 Å². The summed E-state index contributed by atoms with van der Waals surface area (Å²) in [6.07, 6.45) is 1.95. The highest BCUT2D eigenvalue weighted by Crippen LogP contribution is 2.78. The van der Waals surface area contributed by atoms with Crippen LogP contribution in [-0.2, 0) is 0 Å². The third kappa shape index (κ3) is 6.42. The van der Waals surface area contributed by atoms with E-state index < -0.39 is 24.8 Å². The van der Waals surface area contributed by atoms with Gasteiger partial charge in [-0.3, -0.25) is 0 Å². The normalized spacial score (nSPS) is 16.7. The molecular weight excluding hydrogens is 1480 g/mol. The molecule has 0 bridgehead atoms. The lowest BCUT2D eigenvalue weighted by Crippen LogP contribution is -2.67. The molecule has 0 amide bonds. The first kappa shape index (κ1) is 35.2. The van der Waals surface area contributed by atoms with Gasteiger partial charge in [-0.05, 0) is 6.42 Å². The predicted molar refractivity (Wildman–Crippen MR) is 184 cm³/mol. The molecule has 163 valence electrons. The Morgan fingerprint density at radius 2 is 0.593 bits per heavy atom. The van der Waals surface area contributed by atoms with Gasteiger partial charge < -0.3 is 0 Å². The molecule has 0 aromatic carbocycles. The van der Waals surface area contributed by atoms with Gasteiger partial charge in [-0.1, -0.05) is 278 Å². The van der Waals surface area contributed by atoms with Crippen molar-refractivity contribution in [3.63, 3.8) is 0 Å². The minimum absolute atomic E-state index is 0.659. The minimum atomic E-state index is -0.961. The summed E-state index contributed by atoms with van der Waals surface area (Å²) in [6.45, 7) is 1.92. The van der Waals surface area contributed by atoms with Gasteiger partial charge in [0, 0.05) is 0 Å². The van der Waals surface area contributed by atoms with Crippen LogP contribution in [0.25, 0.3) is 0 Å². The SMILES string of the molecule is C[CH]C(Br)(Br)C(Br)(Br)C(Br)(Br)C(Br)(Br)C(Br)(Br)C(Br)(Br)C(Br)(Br)C(Br)(Br)Br. The Morgan fingerprint density at radius 1 is 0.370 bits per heavy atom. The molecule has 0 heterocycles. The Hall–Kier alpha value is 8.16. The molecule has 0 saturated heterocycles. The quantitative estimate of drug-likeness (QED) is 0.223. The zero-order valence-corrected chi connectivity index (χ0v) is 39.0. The molecule has 0 N–H and O–H groups in total. The first-order valence-corrected chi connectivity index (χ1v) is 19.3. The van der Waals surface area contributed by atoms with Crippen molar-refractivity contribution in [2.75, 3.05) is 0 Å². The van der Waals surface area contributed by atoms with E-state index in [1.807, 2.05) is 13.3 Å². The highest BCUT2D eigenvalue weighted by Gasteiger charge is 2.77. The van der Waals surface area contributed by atoms with Gasteiger partial charge in [-0.25, -0.2) is 0 Å². The molecule has 1 radical (unpaired) electrons. The van der Waals surface area contributed by atoms with Crippen LogP contribution < -0.4 is 0 Å². The summed E-state index contributed by atoms with van der Waals surface area (Å²) in [5.74, 6) is 0. The summed E-state index contributed by atoms with van der Waals surface area (Å²) < 4.78 is -6.85. The van der Waals surface area contributed by atoms with E-state index in [-0.39, 0.29) is 0 Å². The summed E-state index contributed by atoms with van der Waals surface area (Å²) in [5.41, 5.74) is 0. The van der Waals surface area contributed by atoms with Crippen molar-refractivity contribution < 1.29 is 0 Å². The standard InChI is InChI=1S/C10H4Br17/c1-2-3(11,12)4(13,14)5(15,16)6(17,18)7(19,20)8(21,22)9(23,24)10(25,26)27/h2H,1H3. The second-order valence-corrected chi connectivity index (χ2v) is 35.8. The molecule has 27 heavy (non-hydrogen) atoms. The van der Waals surface area contributed by atoms with Crippen LogP contribution in [0.15, 0.2) is 0 Å². The number of hydrogen-bond donors (Lipinski definition) is 0. The lowest BCUT2D eigenvalue weighted by atomic mass is 10.1. The van der Waals surface area contributed by atoms with Crippen LogP contribution >= 0.6 is 271 Å². The van der Waals surface area contributed by atoms with E-state index in [0.717, 1.165) is 0 Å². The Balaban J connectivity index is 6.65. The monoisotopic (exact) mass is 1470 g/mol. The zero-order chi connectivity index (χ0) is 22.7. The lowest BCUT2D eigenvalue weighted by Gasteiger charge is -2.57. The second kappa shape index (κ2) is 11.5. The maximum Gasteiger partial charge on any atom is 0.162 e. The molecule has 0 atom stereocenters. The number of halogens is 17. The van der Waals surface area contributed by atoms with E-state index >= 15 is 0 Å². The Kier molecular flexibility index (Phi) is 15.0. The maximum absolute atomic E-state index is 3.84. The summed E-state index contributed by atoms with van der Waals surface area (Å²) in [5, 5.41) is 0. The molecule has 0 spiro atoms. The third-order valence-corrected chi connectivity index (χ3v) is 37.3. The van der Waals surface area contributed by atoms with Gasteiger partial charge in [0.15, 0.2) is 2.14 Å². The molecule has 0 fully saturated rings. The van der Waals surface area contributed by atoms with Crippen molar-refractivity contribution in [2.45, 2.75) is 31.7 Å². The third-order valence-electron chi connectivity index (χ3n) is 3.11. The molecule has 0 aromatic heterocycles. The zero-order valence-electron chi connectivity index (χ0n) is 12.0. The Bertz CT molecular complexity index is 538. The van der Waals surface area contributed by atoms with E-state index in [0.29, 0.717) is 0 Å². The molecular formula is C10H4Br17. The van der Waals surface area contributed by atoms with Crippen LogP contribution in [0.5, 0.6) is 0 Å². The van der Waals surface area contributed by atoms with E-state index in [2.05, 4.69) is 271 Å². The van der Waals surface area contributed by atoms with Crippen molar-refractivity contribution in [1.82, 2.24) is 0 Å². The van der Waals surface area contributed by atoms with Crippen molar-refractivity contribution in [2.24, 2.45) is 0 Å². The molecule has 0 aliphatic carbocycles. The maximum atomic E-state index is 3.84. The minimum Gasteiger partial charge on any atom is -0.0698 e. The first-order chi connectivity index (χ1) is 11.3. The molecule has 0 aromatic rings. The van der Waals surface area contributed by atoms with Crippen LogP contribution in [0.3, 0.4) is 0 Å². The smallest absolute Gasteiger partial charge is 0.0698 e. The van der Waals surface area contributed by atoms with Gasteiger partial charge in [0.25, 0.3) is 0 Å². The fourth-order valence-electron chi connectivity index (χ4n) is 1.36. The van der Waals surface area contributed by atoms with Gasteiger partial charge >= 0.3 is 0 Å². The van der Waals surface area contributed by atoms with E-state index in [1.165, 1.54) is 0 Å². The Labute approximate surface area is 302 Å². The van der Waals surface area contributed by atoms with Crippen molar-refractivity contribution in [3.8, 4) is 0 Å². The summed E-state index contributed by atoms with van der Waals surface area (Å²) in [4.78, 5) is 0. The van der Waals surface area contributed by atoms with E-state index in [9.17, 15) is 0 Å². The van der Waals surface area contributed by atoms with E-state index in [4.69, 9.17) is 0 Å². The average molecular weight is 1480 g/mol. The van der Waals surface area contributed by atoms with Gasteiger partial charge in [-0.2, -0.15) is 0 Å². The second-order valence-electron chi connectivity index (χ2n) is 4.86. The van der Waals surface area contributed by atoms with Crippen LogP contribution in [0.4, 0.5) is 0 Å². The molecule has 0 unspecified atom stereocenters. The van der Waals surface area contributed by atoms with Gasteiger partial charge in [0.2, 0.25) is 0 Å². The molecule has 0 aliphatic heterocycles. The van der Waals surface area contributed by atoms with Crippen LogP contribution in [-0.4, -0.2) is 24.8 Å². The van der Waals surface area contributed by atoms with Crippen LogP contribution in [0.2, 0.25) is 0 Å². The highest BCUT2D eigenvalue weighted by molar-refractivity contribution is 9.42. The fourth-order valence-corrected chi connectivity index (χ4v) is 16.2. The predicted octanol–water partition coefficient (Wildman–Crippen LogP) is 13.5. The molecule has 17 heteroatoms. The lowest BCUT2D eigenvalue weighted by molar-refractivity contribution is 0.591. The largest absolute Gasteiger partial charge is 0.162 e. The van der Waals surface area contributed by atoms with Crippen molar-refractivity contribution >= 4 is 271 Å². The summed E-state index contributed by atoms with van der Waals surface area (Å²) in [6, 6.07) is 0. The van der Waals surface area contributed by atoms with Crippen molar-refractivity contribution in [3.05, 3.63) is 6.42 Å².